The number of pyridine rings is 1. The molecule has 0 radical (unpaired) electrons. The second kappa shape index (κ2) is 6.60. The molecule has 0 aliphatic carbocycles. The van der Waals surface area contributed by atoms with Crippen molar-refractivity contribution in [3.8, 4) is 22.4 Å². The maximum atomic E-state index is 8.31. The summed E-state index contributed by atoms with van der Waals surface area (Å²) in [4.78, 5) is 0. The van der Waals surface area contributed by atoms with Gasteiger partial charge < -0.3 is 0 Å². The molecular formula is C23H26N+. The highest BCUT2D eigenvalue weighted by Crippen LogP contribution is 2.28. The average molecular weight is 320 g/mol. The van der Waals surface area contributed by atoms with E-state index in [2.05, 4.69) is 29.7 Å². The Balaban J connectivity index is 2.18. The molecule has 1 heteroatoms. The number of aromatic nitrogens is 1. The minimum atomic E-state index is -2.26. The van der Waals surface area contributed by atoms with Crippen LogP contribution in [0.5, 0.6) is 0 Å². The number of rotatable bonds is 3. The summed E-state index contributed by atoms with van der Waals surface area (Å²) < 4.78 is 34.2. The van der Waals surface area contributed by atoms with Gasteiger partial charge in [0.2, 0.25) is 5.69 Å². The third-order valence-corrected chi connectivity index (χ3v) is 4.46. The van der Waals surface area contributed by atoms with E-state index in [0.29, 0.717) is 5.56 Å². The lowest BCUT2D eigenvalue weighted by atomic mass is 9.93. The van der Waals surface area contributed by atoms with Crippen LogP contribution in [0.3, 0.4) is 0 Å². The molecule has 122 valence electrons. The van der Waals surface area contributed by atoms with E-state index < -0.39 is 12.7 Å². The Morgan fingerprint density at radius 2 is 1.71 bits per heavy atom. The van der Waals surface area contributed by atoms with Gasteiger partial charge in [-0.15, -0.1) is 0 Å². The van der Waals surface area contributed by atoms with Crippen LogP contribution in [-0.2, 0) is 7.05 Å². The van der Waals surface area contributed by atoms with Crippen LogP contribution in [0, 0.1) is 13.8 Å². The van der Waals surface area contributed by atoms with Crippen LogP contribution in [0.4, 0.5) is 0 Å². The highest BCUT2D eigenvalue weighted by Gasteiger charge is 2.14. The number of benzene rings is 2. The van der Waals surface area contributed by atoms with Crippen molar-refractivity contribution in [1.29, 1.82) is 0 Å². The van der Waals surface area contributed by atoms with E-state index in [-0.39, 0.29) is 5.56 Å². The van der Waals surface area contributed by atoms with Crippen LogP contribution in [0.1, 0.15) is 41.9 Å². The molecule has 1 aromatic heterocycles. The average Bonchev–Trinajstić information content (AvgIpc) is 2.61. The number of hydrogen-bond donors (Lipinski definition) is 0. The molecule has 2 aromatic carbocycles. The van der Waals surface area contributed by atoms with Crippen LogP contribution in [0.25, 0.3) is 22.4 Å². The summed E-state index contributed by atoms with van der Waals surface area (Å²) >= 11 is 0. The smallest absolute Gasteiger partial charge is 0.201 e. The van der Waals surface area contributed by atoms with Crippen LogP contribution in [0.15, 0.2) is 60.8 Å². The summed E-state index contributed by atoms with van der Waals surface area (Å²) in [5, 5.41) is 0. The minimum Gasteiger partial charge on any atom is -0.201 e. The maximum Gasteiger partial charge on any atom is 0.213 e. The first-order valence-electron chi connectivity index (χ1n) is 10.2. The summed E-state index contributed by atoms with van der Waals surface area (Å²) in [6.45, 7) is 3.26. The highest BCUT2D eigenvalue weighted by molar-refractivity contribution is 5.70. The number of hydrogen-bond acceptors (Lipinski definition) is 0. The van der Waals surface area contributed by atoms with Crippen molar-refractivity contribution in [2.24, 2.45) is 7.05 Å². The lowest BCUT2D eigenvalue weighted by Gasteiger charge is -2.12. The summed E-state index contributed by atoms with van der Waals surface area (Å²) in [6, 6.07) is 17.7. The Hall–Kier alpha value is -2.41. The predicted molar refractivity (Wildman–Crippen MR) is 102 cm³/mol. The Kier molecular flexibility index (Phi) is 3.31. The van der Waals surface area contributed by atoms with Gasteiger partial charge in [-0.05, 0) is 53.6 Å². The Morgan fingerprint density at radius 3 is 2.42 bits per heavy atom. The van der Waals surface area contributed by atoms with Crippen molar-refractivity contribution in [2.45, 2.75) is 33.5 Å². The molecule has 0 aliphatic heterocycles. The van der Waals surface area contributed by atoms with Crippen molar-refractivity contribution in [2.75, 3.05) is 0 Å². The molecule has 0 N–H and O–H groups in total. The normalized spacial score (nSPS) is 14.5. The van der Waals surface area contributed by atoms with Crippen molar-refractivity contribution in [3.63, 3.8) is 0 Å². The van der Waals surface area contributed by atoms with E-state index in [0.717, 1.165) is 22.4 Å². The lowest BCUT2D eigenvalue weighted by Crippen LogP contribution is -2.30. The van der Waals surface area contributed by atoms with E-state index in [1.54, 1.807) is 26.0 Å². The Labute approximate surface area is 151 Å². The molecule has 0 atom stereocenters. The molecule has 0 saturated carbocycles. The van der Waals surface area contributed by atoms with Crippen LogP contribution in [-0.4, -0.2) is 0 Å². The van der Waals surface area contributed by atoms with Gasteiger partial charge in [0, 0.05) is 23.2 Å². The molecule has 3 aromatic rings. The molecule has 1 heterocycles. The molecule has 1 nitrogen and oxygen atoms in total. The molecule has 0 aliphatic rings. The fourth-order valence-corrected chi connectivity index (χ4v) is 3.04. The van der Waals surface area contributed by atoms with Gasteiger partial charge in [0.15, 0.2) is 6.20 Å². The zero-order chi connectivity index (χ0) is 20.7. The monoisotopic (exact) mass is 320 g/mol. The quantitative estimate of drug-likeness (QED) is 0.554. The summed E-state index contributed by atoms with van der Waals surface area (Å²) in [5.74, 6) is -0.975. The van der Waals surface area contributed by atoms with Gasteiger partial charge in [-0.1, -0.05) is 50.2 Å². The Bertz CT molecular complexity index is 1010. The van der Waals surface area contributed by atoms with Gasteiger partial charge in [-0.25, -0.2) is 4.57 Å². The summed E-state index contributed by atoms with van der Waals surface area (Å²) in [7, 11) is 2.01. The Morgan fingerprint density at radius 1 is 0.958 bits per heavy atom. The third kappa shape index (κ3) is 3.12. The van der Waals surface area contributed by atoms with Crippen molar-refractivity contribution >= 4 is 0 Å². The minimum absolute atomic E-state index is 0.246. The molecule has 0 amide bonds. The SMILES string of the molecule is [2H]C([2H])([2H])c1cc(-c2cc[n+](C)c(-c3ccccc3C)c2)ccc1C([2H])(C)C. The van der Waals surface area contributed by atoms with Crippen molar-refractivity contribution in [1.82, 2.24) is 0 Å². The van der Waals surface area contributed by atoms with Crippen LogP contribution < -0.4 is 4.57 Å². The molecule has 3 rings (SSSR count). The molecule has 0 fully saturated rings. The number of aryl methyl sites for hydroxylation is 3. The highest BCUT2D eigenvalue weighted by atomic mass is 14.9. The first-order chi connectivity index (χ1) is 13.0. The van der Waals surface area contributed by atoms with Gasteiger partial charge in [-0.2, -0.15) is 0 Å². The summed E-state index contributed by atoms with van der Waals surface area (Å²) in [6.07, 6.45) is 1.99. The van der Waals surface area contributed by atoms with Crippen LogP contribution >= 0.6 is 0 Å². The third-order valence-electron chi connectivity index (χ3n) is 4.46. The van der Waals surface area contributed by atoms with E-state index in [4.69, 9.17) is 5.48 Å². The molecule has 24 heavy (non-hydrogen) atoms. The summed E-state index contributed by atoms with van der Waals surface area (Å²) in [5.41, 5.74) is 5.98. The lowest BCUT2D eigenvalue weighted by molar-refractivity contribution is -0.660. The van der Waals surface area contributed by atoms with Crippen molar-refractivity contribution in [3.05, 3.63) is 77.5 Å². The van der Waals surface area contributed by atoms with E-state index in [1.165, 1.54) is 5.56 Å². The fourth-order valence-electron chi connectivity index (χ4n) is 3.04. The van der Waals surface area contributed by atoms with Crippen LogP contribution in [0.2, 0.25) is 0 Å². The van der Waals surface area contributed by atoms with Gasteiger partial charge in [-0.3, -0.25) is 0 Å². The molecular weight excluding hydrogens is 290 g/mol. The van der Waals surface area contributed by atoms with E-state index in [1.807, 2.05) is 37.5 Å². The second-order valence-electron chi connectivity index (χ2n) is 6.49. The predicted octanol–water partition coefficient (Wildman–Crippen LogP) is 5.59. The molecule has 0 spiro atoms. The van der Waals surface area contributed by atoms with Gasteiger partial charge >= 0.3 is 0 Å². The maximum absolute atomic E-state index is 8.31. The van der Waals surface area contributed by atoms with Gasteiger partial charge in [0.25, 0.3) is 0 Å². The zero-order valence-corrected chi connectivity index (χ0v) is 14.7. The van der Waals surface area contributed by atoms with Crippen molar-refractivity contribution < 1.29 is 10.1 Å². The van der Waals surface area contributed by atoms with E-state index >= 15 is 0 Å². The number of nitrogens with zero attached hydrogens (tertiary/aromatic N) is 1. The molecule has 0 bridgehead atoms. The zero-order valence-electron chi connectivity index (χ0n) is 18.7. The van der Waals surface area contributed by atoms with Gasteiger partial charge in [0.05, 0.1) is 0 Å². The molecule has 0 saturated heterocycles. The fraction of sp³-hybridized carbons (Fsp3) is 0.261. The second-order valence-corrected chi connectivity index (χ2v) is 6.49. The standard InChI is InChI=1S/C23H26N/c1-16(2)21-11-10-19(14-18(21)4)20-12-13-24(5)23(15-20)22-9-7-6-8-17(22)3/h6-16H,1-5H3/q+1/i4D3,16D. The first kappa shape index (κ1) is 12.0. The largest absolute Gasteiger partial charge is 0.213 e. The molecule has 0 unspecified atom stereocenters. The van der Waals surface area contributed by atoms with Gasteiger partial charge in [0.1, 0.15) is 7.05 Å². The first-order valence-corrected chi connectivity index (χ1v) is 8.19. The topological polar surface area (TPSA) is 3.88 Å². The van der Waals surface area contributed by atoms with E-state index in [9.17, 15) is 0 Å².